The van der Waals surface area contributed by atoms with Crippen LogP contribution in [0.1, 0.15) is 20.7 Å². The number of carbonyl (C=O) groups is 2. The molecule has 0 spiro atoms. The van der Waals surface area contributed by atoms with Crippen LogP contribution in [-0.4, -0.2) is 18.9 Å². The molecular formula is C21H18N2O2. The summed E-state index contributed by atoms with van der Waals surface area (Å²) in [6.07, 6.45) is 0. The zero-order chi connectivity index (χ0) is 17.6. The fourth-order valence-corrected chi connectivity index (χ4v) is 2.45. The summed E-state index contributed by atoms with van der Waals surface area (Å²) in [5.74, 6) is -0.331. The van der Waals surface area contributed by atoms with Gasteiger partial charge in [0.1, 0.15) is 0 Å². The molecule has 0 atom stereocenters. The van der Waals surface area contributed by atoms with Crippen molar-refractivity contribution >= 4 is 23.2 Å². The van der Waals surface area contributed by atoms with Crippen molar-refractivity contribution < 1.29 is 9.59 Å². The van der Waals surface area contributed by atoms with Crippen LogP contribution in [0.4, 0.5) is 11.4 Å². The Morgan fingerprint density at radius 1 is 0.720 bits per heavy atom. The first-order valence-corrected chi connectivity index (χ1v) is 7.95. The fourth-order valence-electron chi connectivity index (χ4n) is 2.45. The molecule has 0 aliphatic heterocycles. The minimum Gasteiger partial charge on any atom is -0.322 e. The zero-order valence-corrected chi connectivity index (χ0v) is 13.8. The van der Waals surface area contributed by atoms with Gasteiger partial charge in [0.05, 0.1) is 0 Å². The van der Waals surface area contributed by atoms with E-state index in [2.05, 4.69) is 5.32 Å². The predicted octanol–water partition coefficient (Wildman–Crippen LogP) is 4.22. The summed E-state index contributed by atoms with van der Waals surface area (Å²) < 4.78 is 0. The van der Waals surface area contributed by atoms with E-state index in [0.717, 1.165) is 11.4 Å². The Morgan fingerprint density at radius 2 is 1.24 bits per heavy atom. The maximum Gasteiger partial charge on any atom is 0.258 e. The number of hydrogen-bond acceptors (Lipinski definition) is 2. The van der Waals surface area contributed by atoms with Crippen LogP contribution >= 0.6 is 0 Å². The van der Waals surface area contributed by atoms with Crippen molar-refractivity contribution in [3.05, 3.63) is 96.1 Å². The predicted molar refractivity (Wildman–Crippen MR) is 100 cm³/mol. The number of hydrogen-bond donors (Lipinski definition) is 1. The van der Waals surface area contributed by atoms with Crippen molar-refractivity contribution in [1.82, 2.24) is 0 Å². The van der Waals surface area contributed by atoms with Gasteiger partial charge in [0.25, 0.3) is 11.8 Å². The minimum atomic E-state index is -0.207. The lowest BCUT2D eigenvalue weighted by atomic mass is 10.1. The first-order valence-electron chi connectivity index (χ1n) is 7.95. The largest absolute Gasteiger partial charge is 0.322 e. The van der Waals surface area contributed by atoms with Crippen molar-refractivity contribution in [2.75, 3.05) is 17.3 Å². The molecule has 124 valence electrons. The highest BCUT2D eigenvalue weighted by atomic mass is 16.2. The number of nitrogens with one attached hydrogen (secondary N) is 1. The molecule has 0 aliphatic rings. The second kappa shape index (κ2) is 7.45. The van der Waals surface area contributed by atoms with Gasteiger partial charge in [0, 0.05) is 29.5 Å². The Morgan fingerprint density at radius 3 is 1.84 bits per heavy atom. The van der Waals surface area contributed by atoms with E-state index in [-0.39, 0.29) is 11.8 Å². The zero-order valence-electron chi connectivity index (χ0n) is 13.8. The van der Waals surface area contributed by atoms with Gasteiger partial charge in [-0.2, -0.15) is 0 Å². The maximum absolute atomic E-state index is 12.5. The maximum atomic E-state index is 12.5. The molecule has 25 heavy (non-hydrogen) atoms. The van der Waals surface area contributed by atoms with Gasteiger partial charge < -0.3 is 10.2 Å². The summed E-state index contributed by atoms with van der Waals surface area (Å²) in [5, 5.41) is 2.82. The Balaban J connectivity index is 1.71. The fraction of sp³-hybridized carbons (Fsp3) is 0.0476. The van der Waals surface area contributed by atoms with E-state index in [1.165, 1.54) is 0 Å². The molecule has 0 unspecified atom stereocenters. The number of benzene rings is 3. The van der Waals surface area contributed by atoms with Crippen LogP contribution in [0, 0.1) is 0 Å². The van der Waals surface area contributed by atoms with Gasteiger partial charge in [-0.25, -0.2) is 0 Å². The highest BCUT2D eigenvalue weighted by molar-refractivity contribution is 6.07. The highest BCUT2D eigenvalue weighted by Crippen LogP contribution is 2.16. The van der Waals surface area contributed by atoms with Gasteiger partial charge in [-0.1, -0.05) is 36.4 Å². The molecule has 3 rings (SSSR count). The van der Waals surface area contributed by atoms with Crippen molar-refractivity contribution in [1.29, 1.82) is 0 Å². The molecule has 0 aliphatic carbocycles. The van der Waals surface area contributed by atoms with Gasteiger partial charge >= 0.3 is 0 Å². The number of amides is 2. The van der Waals surface area contributed by atoms with Gasteiger partial charge in [0.15, 0.2) is 0 Å². The van der Waals surface area contributed by atoms with Gasteiger partial charge in [-0.3, -0.25) is 9.59 Å². The Labute approximate surface area is 146 Å². The van der Waals surface area contributed by atoms with Gasteiger partial charge in [0.2, 0.25) is 0 Å². The van der Waals surface area contributed by atoms with E-state index in [0.29, 0.717) is 11.1 Å². The van der Waals surface area contributed by atoms with Crippen LogP contribution in [0.2, 0.25) is 0 Å². The molecule has 1 N–H and O–H groups in total. The van der Waals surface area contributed by atoms with E-state index < -0.39 is 0 Å². The van der Waals surface area contributed by atoms with Crippen molar-refractivity contribution in [3.63, 3.8) is 0 Å². The molecule has 0 heterocycles. The van der Waals surface area contributed by atoms with Crippen LogP contribution in [0.25, 0.3) is 0 Å². The third kappa shape index (κ3) is 3.93. The second-order valence-electron chi connectivity index (χ2n) is 5.60. The average Bonchev–Trinajstić information content (AvgIpc) is 2.68. The summed E-state index contributed by atoms with van der Waals surface area (Å²) in [7, 11) is 1.73. The first-order chi connectivity index (χ1) is 12.1. The van der Waals surface area contributed by atoms with Crippen LogP contribution in [0.5, 0.6) is 0 Å². The minimum absolute atomic E-state index is 0.124. The molecule has 4 heteroatoms. The SMILES string of the molecule is CN(C(=O)c1ccc(C(=O)Nc2ccccc2)cc1)c1ccccc1. The third-order valence-corrected chi connectivity index (χ3v) is 3.87. The number of anilines is 2. The average molecular weight is 330 g/mol. The van der Waals surface area contributed by atoms with Gasteiger partial charge in [-0.05, 0) is 48.5 Å². The summed E-state index contributed by atoms with van der Waals surface area (Å²) in [4.78, 5) is 26.4. The Kier molecular flexibility index (Phi) is 4.90. The number of nitrogens with zero attached hydrogens (tertiary/aromatic N) is 1. The molecule has 3 aromatic carbocycles. The van der Waals surface area contributed by atoms with Crippen LogP contribution in [0.3, 0.4) is 0 Å². The lowest BCUT2D eigenvalue weighted by molar-refractivity contribution is 0.0989. The van der Waals surface area contributed by atoms with E-state index in [1.54, 1.807) is 36.2 Å². The van der Waals surface area contributed by atoms with Crippen molar-refractivity contribution in [2.24, 2.45) is 0 Å². The van der Waals surface area contributed by atoms with Gasteiger partial charge in [-0.15, -0.1) is 0 Å². The summed E-state index contributed by atoms with van der Waals surface area (Å²) in [6.45, 7) is 0. The summed E-state index contributed by atoms with van der Waals surface area (Å²) >= 11 is 0. The Bertz CT molecular complexity index is 859. The van der Waals surface area contributed by atoms with Crippen molar-refractivity contribution in [2.45, 2.75) is 0 Å². The van der Waals surface area contributed by atoms with Crippen molar-refractivity contribution in [3.8, 4) is 0 Å². The van der Waals surface area contributed by atoms with Crippen LogP contribution in [-0.2, 0) is 0 Å². The second-order valence-corrected chi connectivity index (χ2v) is 5.60. The lowest BCUT2D eigenvalue weighted by Gasteiger charge is -2.17. The summed E-state index contributed by atoms with van der Waals surface area (Å²) in [6, 6.07) is 25.3. The van der Waals surface area contributed by atoms with E-state index in [9.17, 15) is 9.59 Å². The monoisotopic (exact) mass is 330 g/mol. The first kappa shape index (κ1) is 16.5. The van der Waals surface area contributed by atoms with E-state index in [1.807, 2.05) is 60.7 Å². The molecular weight excluding hydrogens is 312 g/mol. The Hall–Kier alpha value is -3.40. The standard InChI is InChI=1S/C21H18N2O2/c1-23(19-10-6-3-7-11-19)21(25)17-14-12-16(13-15-17)20(24)22-18-8-4-2-5-9-18/h2-15H,1H3,(H,22,24). The highest BCUT2D eigenvalue weighted by Gasteiger charge is 2.14. The van der Waals surface area contributed by atoms with E-state index in [4.69, 9.17) is 0 Å². The molecule has 0 saturated carbocycles. The molecule has 0 aromatic heterocycles. The molecule has 4 nitrogen and oxygen atoms in total. The lowest BCUT2D eigenvalue weighted by Crippen LogP contribution is -2.26. The topological polar surface area (TPSA) is 49.4 Å². The molecule has 2 amide bonds. The smallest absolute Gasteiger partial charge is 0.258 e. The normalized spacial score (nSPS) is 10.1. The molecule has 0 bridgehead atoms. The molecule has 3 aromatic rings. The number of rotatable bonds is 4. The number of carbonyl (C=O) groups excluding carboxylic acids is 2. The summed E-state index contributed by atoms with van der Waals surface area (Å²) in [5.41, 5.74) is 2.58. The third-order valence-electron chi connectivity index (χ3n) is 3.87. The van der Waals surface area contributed by atoms with Crippen LogP contribution in [0.15, 0.2) is 84.9 Å². The molecule has 0 fully saturated rings. The van der Waals surface area contributed by atoms with Crippen LogP contribution < -0.4 is 10.2 Å². The molecule has 0 saturated heterocycles. The molecule has 0 radical (unpaired) electrons. The number of para-hydroxylation sites is 2. The van der Waals surface area contributed by atoms with E-state index >= 15 is 0 Å². The quantitative estimate of drug-likeness (QED) is 0.779.